The van der Waals surface area contributed by atoms with Crippen LogP contribution >= 0.6 is 0 Å². The van der Waals surface area contributed by atoms with Gasteiger partial charge in [-0.3, -0.25) is 4.79 Å². The number of alkyl carbamates (subject to hydrolysis) is 1. The molecule has 0 unspecified atom stereocenters. The molecule has 0 aromatic heterocycles. The molecular formula is C18H28N2O3. The first-order valence-electron chi connectivity index (χ1n) is 7.91. The van der Waals surface area contributed by atoms with Gasteiger partial charge in [0.15, 0.2) is 0 Å². The van der Waals surface area contributed by atoms with Crippen LogP contribution in [0.3, 0.4) is 0 Å². The Morgan fingerprint density at radius 1 is 1.13 bits per heavy atom. The van der Waals surface area contributed by atoms with E-state index < -0.39 is 17.7 Å². The topological polar surface area (TPSA) is 67.4 Å². The van der Waals surface area contributed by atoms with Crippen molar-refractivity contribution >= 4 is 12.0 Å². The van der Waals surface area contributed by atoms with Crippen molar-refractivity contribution in [3.05, 3.63) is 35.4 Å². The zero-order chi connectivity index (χ0) is 17.6. The minimum absolute atomic E-state index is 0.0412. The Hall–Kier alpha value is -2.04. The first-order valence-corrected chi connectivity index (χ1v) is 7.91. The Kier molecular flexibility index (Phi) is 6.61. The lowest BCUT2D eigenvalue weighted by Gasteiger charge is -2.25. The summed E-state index contributed by atoms with van der Waals surface area (Å²) >= 11 is 0. The predicted molar refractivity (Wildman–Crippen MR) is 91.0 cm³/mol. The number of aryl methyl sites for hydroxylation is 1. The molecule has 1 aromatic carbocycles. The van der Waals surface area contributed by atoms with Gasteiger partial charge in [0.1, 0.15) is 11.6 Å². The van der Waals surface area contributed by atoms with E-state index in [0.29, 0.717) is 6.54 Å². The van der Waals surface area contributed by atoms with Gasteiger partial charge in [-0.1, -0.05) is 43.7 Å². The van der Waals surface area contributed by atoms with Crippen molar-refractivity contribution in [1.29, 1.82) is 0 Å². The number of benzene rings is 1. The average Bonchev–Trinajstić information content (AvgIpc) is 2.41. The summed E-state index contributed by atoms with van der Waals surface area (Å²) in [7, 11) is 0. The third kappa shape index (κ3) is 7.17. The fourth-order valence-corrected chi connectivity index (χ4v) is 1.97. The van der Waals surface area contributed by atoms with E-state index in [-0.39, 0.29) is 11.8 Å². The number of carbonyl (C=O) groups excluding carboxylic acids is 2. The van der Waals surface area contributed by atoms with Crippen LogP contribution in [-0.4, -0.2) is 23.6 Å². The zero-order valence-electron chi connectivity index (χ0n) is 14.9. The minimum atomic E-state index is -0.629. The van der Waals surface area contributed by atoms with E-state index in [1.807, 2.05) is 45.0 Å². The largest absolute Gasteiger partial charge is 0.444 e. The Labute approximate surface area is 138 Å². The molecule has 0 aliphatic heterocycles. The van der Waals surface area contributed by atoms with Gasteiger partial charge in [0.05, 0.1) is 0 Å². The highest BCUT2D eigenvalue weighted by Gasteiger charge is 2.26. The lowest BCUT2D eigenvalue weighted by atomic mass is 10.0. The molecule has 0 aliphatic carbocycles. The van der Waals surface area contributed by atoms with Gasteiger partial charge in [-0.15, -0.1) is 0 Å². The summed E-state index contributed by atoms with van der Waals surface area (Å²) in [5, 5.41) is 5.50. The van der Waals surface area contributed by atoms with Gasteiger partial charge in [0.2, 0.25) is 5.91 Å². The maximum absolute atomic E-state index is 12.3. The molecule has 1 rings (SSSR count). The lowest BCUT2D eigenvalue weighted by Crippen LogP contribution is -2.50. The fourth-order valence-electron chi connectivity index (χ4n) is 1.97. The van der Waals surface area contributed by atoms with E-state index in [0.717, 1.165) is 5.56 Å². The number of rotatable bonds is 5. The van der Waals surface area contributed by atoms with Crippen LogP contribution < -0.4 is 10.6 Å². The molecule has 0 saturated carbocycles. The second-order valence-electron chi connectivity index (χ2n) is 7.07. The first kappa shape index (κ1) is 19.0. The summed E-state index contributed by atoms with van der Waals surface area (Å²) in [6.07, 6.45) is -0.582. The SMILES string of the molecule is Cc1ccc(CNC(=O)[C@@H](NC(=O)OC(C)(C)C)C(C)C)cc1. The van der Waals surface area contributed by atoms with Crippen molar-refractivity contribution < 1.29 is 14.3 Å². The van der Waals surface area contributed by atoms with Crippen molar-refractivity contribution in [3.8, 4) is 0 Å². The van der Waals surface area contributed by atoms with E-state index in [9.17, 15) is 9.59 Å². The Bertz CT molecular complexity index is 530. The third-order valence-electron chi connectivity index (χ3n) is 3.21. The standard InChI is InChI=1S/C18H28N2O3/c1-12(2)15(20-17(22)23-18(4,5)6)16(21)19-11-14-9-7-13(3)8-10-14/h7-10,12,15H,11H2,1-6H3,(H,19,21)(H,20,22)/t15-/m0/s1. The second-order valence-corrected chi connectivity index (χ2v) is 7.07. The number of ether oxygens (including phenoxy) is 1. The predicted octanol–water partition coefficient (Wildman–Crippen LogP) is 3.16. The van der Waals surface area contributed by atoms with Crippen molar-refractivity contribution in [2.45, 2.75) is 59.7 Å². The summed E-state index contributed by atoms with van der Waals surface area (Å²) in [4.78, 5) is 24.2. The van der Waals surface area contributed by atoms with E-state index in [1.54, 1.807) is 20.8 Å². The number of nitrogens with one attached hydrogen (secondary N) is 2. The molecule has 0 aliphatic rings. The summed E-state index contributed by atoms with van der Waals surface area (Å²) in [5.41, 5.74) is 1.60. The van der Waals surface area contributed by atoms with Gasteiger partial charge in [-0.05, 0) is 39.2 Å². The van der Waals surface area contributed by atoms with Crippen LogP contribution in [-0.2, 0) is 16.1 Å². The van der Waals surface area contributed by atoms with Crippen LogP contribution in [0.1, 0.15) is 45.7 Å². The van der Waals surface area contributed by atoms with Gasteiger partial charge in [0, 0.05) is 6.54 Å². The van der Waals surface area contributed by atoms with Gasteiger partial charge < -0.3 is 15.4 Å². The van der Waals surface area contributed by atoms with Crippen LogP contribution in [0.4, 0.5) is 4.79 Å². The van der Waals surface area contributed by atoms with Crippen molar-refractivity contribution in [2.75, 3.05) is 0 Å². The molecule has 0 spiro atoms. The minimum Gasteiger partial charge on any atom is -0.444 e. The van der Waals surface area contributed by atoms with E-state index in [4.69, 9.17) is 4.74 Å². The van der Waals surface area contributed by atoms with Crippen LogP contribution in [0, 0.1) is 12.8 Å². The Morgan fingerprint density at radius 3 is 2.17 bits per heavy atom. The summed E-state index contributed by atoms with van der Waals surface area (Å²) in [5.74, 6) is -0.257. The molecule has 0 radical (unpaired) electrons. The summed E-state index contributed by atoms with van der Waals surface area (Å²) in [6.45, 7) is 11.6. The smallest absolute Gasteiger partial charge is 0.408 e. The number of amides is 2. The molecule has 0 saturated heterocycles. The summed E-state index contributed by atoms with van der Waals surface area (Å²) in [6, 6.07) is 7.32. The molecule has 1 atom stereocenters. The van der Waals surface area contributed by atoms with Crippen LogP contribution in [0.2, 0.25) is 0 Å². The van der Waals surface area contributed by atoms with Gasteiger partial charge in [-0.2, -0.15) is 0 Å². The molecule has 128 valence electrons. The van der Waals surface area contributed by atoms with E-state index >= 15 is 0 Å². The summed E-state index contributed by atoms with van der Waals surface area (Å²) < 4.78 is 5.21. The van der Waals surface area contributed by atoms with E-state index in [2.05, 4.69) is 10.6 Å². The molecule has 5 heteroatoms. The quantitative estimate of drug-likeness (QED) is 0.875. The second kappa shape index (κ2) is 7.99. The van der Waals surface area contributed by atoms with E-state index in [1.165, 1.54) is 5.56 Å². The molecular weight excluding hydrogens is 292 g/mol. The Balaban J connectivity index is 2.60. The zero-order valence-corrected chi connectivity index (χ0v) is 14.9. The molecule has 0 heterocycles. The van der Waals surface area contributed by atoms with Gasteiger partial charge in [-0.25, -0.2) is 4.79 Å². The lowest BCUT2D eigenvalue weighted by molar-refractivity contribution is -0.124. The van der Waals surface area contributed by atoms with Crippen molar-refractivity contribution in [3.63, 3.8) is 0 Å². The van der Waals surface area contributed by atoms with Crippen molar-refractivity contribution in [1.82, 2.24) is 10.6 Å². The maximum atomic E-state index is 12.3. The molecule has 0 fully saturated rings. The first-order chi connectivity index (χ1) is 10.6. The average molecular weight is 320 g/mol. The highest BCUT2D eigenvalue weighted by molar-refractivity contribution is 5.85. The number of carbonyl (C=O) groups is 2. The normalized spacial score (nSPS) is 12.7. The van der Waals surface area contributed by atoms with Gasteiger partial charge in [0.25, 0.3) is 0 Å². The third-order valence-corrected chi connectivity index (χ3v) is 3.21. The molecule has 2 N–H and O–H groups in total. The molecule has 23 heavy (non-hydrogen) atoms. The number of hydrogen-bond donors (Lipinski definition) is 2. The van der Waals surface area contributed by atoms with Crippen LogP contribution in [0.15, 0.2) is 24.3 Å². The number of hydrogen-bond acceptors (Lipinski definition) is 3. The van der Waals surface area contributed by atoms with Gasteiger partial charge >= 0.3 is 6.09 Å². The molecule has 5 nitrogen and oxygen atoms in total. The van der Waals surface area contributed by atoms with Crippen molar-refractivity contribution in [2.24, 2.45) is 5.92 Å². The fraction of sp³-hybridized carbons (Fsp3) is 0.556. The molecule has 0 bridgehead atoms. The monoisotopic (exact) mass is 320 g/mol. The Morgan fingerprint density at radius 2 is 1.70 bits per heavy atom. The maximum Gasteiger partial charge on any atom is 0.408 e. The van der Waals surface area contributed by atoms with Crippen LogP contribution in [0.25, 0.3) is 0 Å². The molecule has 2 amide bonds. The highest BCUT2D eigenvalue weighted by atomic mass is 16.6. The highest BCUT2D eigenvalue weighted by Crippen LogP contribution is 2.09. The van der Waals surface area contributed by atoms with Crippen LogP contribution in [0.5, 0.6) is 0 Å². The molecule has 1 aromatic rings.